The maximum Gasteiger partial charge on any atom is 0.273 e. The number of carbonyl (C=O) groups is 1. The van der Waals surface area contributed by atoms with Gasteiger partial charge in [0.2, 0.25) is 0 Å². The van der Waals surface area contributed by atoms with E-state index in [0.29, 0.717) is 11.6 Å². The Morgan fingerprint density at radius 2 is 2.39 bits per heavy atom. The summed E-state index contributed by atoms with van der Waals surface area (Å²) in [6.45, 7) is 2.89. The fraction of sp³-hybridized carbons (Fsp3) is 0.583. The van der Waals surface area contributed by atoms with Crippen molar-refractivity contribution in [2.24, 2.45) is 5.92 Å². The third-order valence-corrected chi connectivity index (χ3v) is 3.24. The lowest BCUT2D eigenvalue weighted by molar-refractivity contribution is 0.0768. The average molecular weight is 249 g/mol. The standard InChI is InChI=1S/C12H19N5O/c1-16-4-3-9(7-16)8-17(2)12(18)10-5-14-6-11(13)15-10/h5-6,9H,3-4,7-8H2,1-2H3,(H2,13,15). The second-order valence-electron chi connectivity index (χ2n) is 4.93. The topological polar surface area (TPSA) is 75.3 Å². The molecule has 0 spiro atoms. The fourth-order valence-electron chi connectivity index (χ4n) is 2.33. The van der Waals surface area contributed by atoms with Crippen molar-refractivity contribution in [3.8, 4) is 0 Å². The van der Waals surface area contributed by atoms with Gasteiger partial charge in [0.05, 0.1) is 12.4 Å². The van der Waals surface area contributed by atoms with E-state index in [1.54, 1.807) is 11.9 Å². The Balaban J connectivity index is 1.96. The highest BCUT2D eigenvalue weighted by molar-refractivity contribution is 5.92. The van der Waals surface area contributed by atoms with Crippen LogP contribution in [0.25, 0.3) is 0 Å². The summed E-state index contributed by atoms with van der Waals surface area (Å²) >= 11 is 0. The highest BCUT2D eigenvalue weighted by Crippen LogP contribution is 2.15. The summed E-state index contributed by atoms with van der Waals surface area (Å²) in [5.41, 5.74) is 5.84. The molecular weight excluding hydrogens is 230 g/mol. The fourth-order valence-corrected chi connectivity index (χ4v) is 2.33. The number of carbonyl (C=O) groups excluding carboxylic acids is 1. The molecule has 0 radical (unpaired) electrons. The first-order valence-corrected chi connectivity index (χ1v) is 6.08. The molecule has 2 heterocycles. The highest BCUT2D eigenvalue weighted by atomic mass is 16.2. The molecule has 1 aliphatic heterocycles. The number of anilines is 1. The predicted octanol–water partition coefficient (Wildman–Crippen LogP) is 0.0825. The molecule has 1 amide bonds. The summed E-state index contributed by atoms with van der Waals surface area (Å²) in [5.74, 6) is 0.692. The second-order valence-corrected chi connectivity index (χ2v) is 4.93. The van der Waals surface area contributed by atoms with Crippen molar-refractivity contribution in [3.63, 3.8) is 0 Å². The van der Waals surface area contributed by atoms with Crippen LogP contribution in [0.4, 0.5) is 5.82 Å². The van der Waals surface area contributed by atoms with Crippen LogP contribution in [-0.4, -0.2) is 59.4 Å². The largest absolute Gasteiger partial charge is 0.382 e. The molecule has 1 aromatic rings. The van der Waals surface area contributed by atoms with Crippen LogP contribution in [0.3, 0.4) is 0 Å². The number of nitrogen functional groups attached to an aromatic ring is 1. The molecular formula is C12H19N5O. The smallest absolute Gasteiger partial charge is 0.273 e. The van der Waals surface area contributed by atoms with Crippen LogP contribution in [0.5, 0.6) is 0 Å². The number of nitrogens with zero attached hydrogens (tertiary/aromatic N) is 4. The summed E-state index contributed by atoms with van der Waals surface area (Å²) in [5, 5.41) is 0. The Labute approximate surface area is 107 Å². The molecule has 18 heavy (non-hydrogen) atoms. The zero-order chi connectivity index (χ0) is 13.1. The van der Waals surface area contributed by atoms with E-state index < -0.39 is 0 Å². The number of hydrogen-bond donors (Lipinski definition) is 1. The van der Waals surface area contributed by atoms with Gasteiger partial charge in [-0.05, 0) is 25.9 Å². The minimum atomic E-state index is -0.121. The number of amides is 1. The molecule has 6 nitrogen and oxygen atoms in total. The summed E-state index contributed by atoms with van der Waals surface area (Å²) in [6, 6.07) is 0. The van der Waals surface area contributed by atoms with Gasteiger partial charge in [-0.15, -0.1) is 0 Å². The van der Waals surface area contributed by atoms with Crippen LogP contribution >= 0.6 is 0 Å². The lowest BCUT2D eigenvalue weighted by atomic mass is 10.1. The lowest BCUT2D eigenvalue weighted by Crippen LogP contribution is -2.33. The number of likely N-dealkylation sites (tertiary alicyclic amines) is 1. The number of rotatable bonds is 3. The third-order valence-electron chi connectivity index (χ3n) is 3.24. The Morgan fingerprint density at radius 3 is 3.00 bits per heavy atom. The molecule has 98 valence electrons. The van der Waals surface area contributed by atoms with Gasteiger partial charge < -0.3 is 15.5 Å². The summed E-state index contributed by atoms with van der Waals surface area (Å²) in [7, 11) is 3.90. The third kappa shape index (κ3) is 2.95. The van der Waals surface area contributed by atoms with Gasteiger partial charge in [0, 0.05) is 20.1 Å². The number of aromatic nitrogens is 2. The van der Waals surface area contributed by atoms with Crippen LogP contribution in [-0.2, 0) is 0 Å². The molecule has 1 unspecified atom stereocenters. The van der Waals surface area contributed by atoms with E-state index in [1.165, 1.54) is 12.4 Å². The minimum Gasteiger partial charge on any atom is -0.382 e. The van der Waals surface area contributed by atoms with E-state index in [-0.39, 0.29) is 11.7 Å². The Bertz CT molecular complexity index is 436. The zero-order valence-electron chi connectivity index (χ0n) is 10.8. The maximum absolute atomic E-state index is 12.1. The molecule has 6 heteroatoms. The molecule has 1 atom stereocenters. The van der Waals surface area contributed by atoms with Crippen LogP contribution in [0, 0.1) is 5.92 Å². The van der Waals surface area contributed by atoms with Crippen molar-refractivity contribution < 1.29 is 4.79 Å². The molecule has 0 bridgehead atoms. The molecule has 2 rings (SSSR count). The molecule has 2 N–H and O–H groups in total. The van der Waals surface area contributed by atoms with Gasteiger partial charge in [-0.25, -0.2) is 4.98 Å². The van der Waals surface area contributed by atoms with Crippen LogP contribution < -0.4 is 5.73 Å². The summed E-state index contributed by atoms with van der Waals surface area (Å²) < 4.78 is 0. The Hall–Kier alpha value is -1.69. The number of nitrogens with two attached hydrogens (primary N) is 1. The zero-order valence-corrected chi connectivity index (χ0v) is 10.8. The highest BCUT2D eigenvalue weighted by Gasteiger charge is 2.23. The summed E-state index contributed by atoms with van der Waals surface area (Å²) in [4.78, 5) is 24.0. The molecule has 0 aromatic carbocycles. The molecule has 1 aliphatic rings. The molecule has 1 aromatic heterocycles. The van der Waals surface area contributed by atoms with Gasteiger partial charge in [-0.1, -0.05) is 0 Å². The summed E-state index contributed by atoms with van der Waals surface area (Å²) in [6.07, 6.45) is 4.02. The molecule has 1 fully saturated rings. The number of hydrogen-bond acceptors (Lipinski definition) is 5. The molecule has 0 aliphatic carbocycles. The first kappa shape index (κ1) is 12.8. The van der Waals surface area contributed by atoms with Gasteiger partial charge in [-0.3, -0.25) is 9.78 Å². The normalized spacial score (nSPS) is 20.0. The van der Waals surface area contributed by atoms with Crippen LogP contribution in [0.2, 0.25) is 0 Å². The van der Waals surface area contributed by atoms with Crippen molar-refractivity contribution >= 4 is 11.7 Å². The molecule has 1 saturated heterocycles. The SMILES string of the molecule is CN1CCC(CN(C)C(=O)c2cncc(N)n2)C1. The van der Waals surface area contributed by atoms with Crippen molar-refractivity contribution in [1.29, 1.82) is 0 Å². The van der Waals surface area contributed by atoms with Gasteiger partial charge in [0.1, 0.15) is 11.5 Å². The maximum atomic E-state index is 12.1. The quantitative estimate of drug-likeness (QED) is 0.821. The van der Waals surface area contributed by atoms with Gasteiger partial charge in [0.25, 0.3) is 5.91 Å². The van der Waals surface area contributed by atoms with Crippen molar-refractivity contribution in [2.75, 3.05) is 39.5 Å². The molecule has 0 saturated carbocycles. The Morgan fingerprint density at radius 1 is 1.61 bits per heavy atom. The van der Waals surface area contributed by atoms with Gasteiger partial charge >= 0.3 is 0 Å². The van der Waals surface area contributed by atoms with Crippen molar-refractivity contribution in [2.45, 2.75) is 6.42 Å². The first-order valence-electron chi connectivity index (χ1n) is 6.08. The van der Waals surface area contributed by atoms with E-state index in [2.05, 4.69) is 21.9 Å². The van der Waals surface area contributed by atoms with E-state index in [4.69, 9.17) is 5.73 Å². The van der Waals surface area contributed by atoms with E-state index >= 15 is 0 Å². The monoisotopic (exact) mass is 249 g/mol. The van der Waals surface area contributed by atoms with Crippen molar-refractivity contribution in [3.05, 3.63) is 18.1 Å². The van der Waals surface area contributed by atoms with Gasteiger partial charge in [-0.2, -0.15) is 0 Å². The van der Waals surface area contributed by atoms with E-state index in [1.807, 2.05) is 0 Å². The van der Waals surface area contributed by atoms with Crippen LogP contribution in [0.1, 0.15) is 16.9 Å². The first-order chi connectivity index (χ1) is 8.56. The van der Waals surface area contributed by atoms with E-state index in [9.17, 15) is 4.79 Å². The van der Waals surface area contributed by atoms with Crippen LogP contribution in [0.15, 0.2) is 12.4 Å². The average Bonchev–Trinajstić information content (AvgIpc) is 2.73. The minimum absolute atomic E-state index is 0.121. The van der Waals surface area contributed by atoms with Crippen molar-refractivity contribution in [1.82, 2.24) is 19.8 Å². The van der Waals surface area contributed by atoms with E-state index in [0.717, 1.165) is 26.1 Å². The predicted molar refractivity (Wildman–Crippen MR) is 69.0 cm³/mol. The van der Waals surface area contributed by atoms with Gasteiger partial charge in [0.15, 0.2) is 0 Å². The second kappa shape index (κ2) is 5.30. The lowest BCUT2D eigenvalue weighted by Gasteiger charge is -2.20. The Kier molecular flexibility index (Phi) is 3.76.